The molecule has 2 aromatic carbocycles. The highest BCUT2D eigenvalue weighted by atomic mass is 16.6. The van der Waals surface area contributed by atoms with E-state index in [2.05, 4.69) is 16.4 Å². The minimum atomic E-state index is -0.656. The van der Waals surface area contributed by atoms with Gasteiger partial charge >= 0.3 is 6.09 Å². The van der Waals surface area contributed by atoms with Crippen LogP contribution < -0.4 is 10.1 Å². The van der Waals surface area contributed by atoms with Crippen molar-refractivity contribution in [1.82, 2.24) is 19.8 Å². The number of rotatable bonds is 9. The molecule has 1 N–H and O–H groups in total. The number of para-hydroxylation sites is 1. The van der Waals surface area contributed by atoms with E-state index in [1.54, 1.807) is 24.7 Å². The molecule has 1 aliphatic heterocycles. The predicted octanol–water partition coefficient (Wildman–Crippen LogP) is 3.23. The van der Waals surface area contributed by atoms with E-state index in [1.165, 1.54) is 0 Å². The molecule has 1 atom stereocenters. The summed E-state index contributed by atoms with van der Waals surface area (Å²) in [6.07, 6.45) is 3.33. The lowest BCUT2D eigenvalue weighted by Gasteiger charge is -2.17. The first kappa shape index (κ1) is 24.0. The first-order chi connectivity index (χ1) is 17.1. The van der Waals surface area contributed by atoms with Crippen LogP contribution in [0.15, 0.2) is 61.1 Å². The SMILES string of the molecule is CCOc1ccccc1COC(=O)N1CC[C@@H](NCc2cncn2Cc2ccc(C#N)cc2)C1=O. The lowest BCUT2D eigenvalue weighted by atomic mass is 10.1. The van der Waals surface area contributed by atoms with Crippen LogP contribution in [0.3, 0.4) is 0 Å². The zero-order valence-corrected chi connectivity index (χ0v) is 19.5. The van der Waals surface area contributed by atoms with Crippen molar-refractivity contribution >= 4 is 12.0 Å². The lowest BCUT2D eigenvalue weighted by Crippen LogP contribution is -2.41. The van der Waals surface area contributed by atoms with E-state index >= 15 is 0 Å². The summed E-state index contributed by atoms with van der Waals surface area (Å²) in [5, 5.41) is 12.2. The van der Waals surface area contributed by atoms with Gasteiger partial charge in [0.05, 0.1) is 36.3 Å². The van der Waals surface area contributed by atoms with Crippen molar-refractivity contribution in [3.8, 4) is 11.8 Å². The fourth-order valence-electron chi connectivity index (χ4n) is 3.93. The van der Waals surface area contributed by atoms with E-state index < -0.39 is 12.1 Å². The van der Waals surface area contributed by atoms with Gasteiger partial charge in [0.2, 0.25) is 5.91 Å². The van der Waals surface area contributed by atoms with Crippen LogP contribution in [0.25, 0.3) is 0 Å². The summed E-state index contributed by atoms with van der Waals surface area (Å²) in [7, 11) is 0. The van der Waals surface area contributed by atoms with Crippen LogP contribution in [-0.2, 0) is 29.2 Å². The molecule has 0 saturated carbocycles. The molecule has 1 saturated heterocycles. The van der Waals surface area contributed by atoms with Gasteiger partial charge in [0.1, 0.15) is 12.4 Å². The average Bonchev–Trinajstić information content (AvgIpc) is 3.48. The summed E-state index contributed by atoms with van der Waals surface area (Å²) >= 11 is 0. The number of imidazole rings is 1. The molecule has 4 rings (SSSR count). The maximum atomic E-state index is 12.8. The van der Waals surface area contributed by atoms with Gasteiger partial charge in [-0.2, -0.15) is 5.26 Å². The Balaban J connectivity index is 1.29. The van der Waals surface area contributed by atoms with Crippen LogP contribution in [0.5, 0.6) is 5.75 Å². The van der Waals surface area contributed by atoms with Crippen LogP contribution >= 0.6 is 0 Å². The number of amides is 2. The maximum absolute atomic E-state index is 12.8. The van der Waals surface area contributed by atoms with E-state index in [0.717, 1.165) is 21.7 Å². The monoisotopic (exact) mass is 473 g/mol. The van der Waals surface area contributed by atoms with Crippen LogP contribution in [-0.4, -0.2) is 45.6 Å². The maximum Gasteiger partial charge on any atom is 0.416 e. The molecule has 9 heteroatoms. The fraction of sp³-hybridized carbons (Fsp3) is 0.308. The van der Waals surface area contributed by atoms with Crippen LogP contribution in [0.4, 0.5) is 4.79 Å². The van der Waals surface area contributed by atoms with Crippen molar-refractivity contribution in [2.24, 2.45) is 0 Å². The summed E-state index contributed by atoms with van der Waals surface area (Å²) in [6, 6.07) is 16.4. The minimum absolute atomic E-state index is 0.0331. The number of hydrogen-bond acceptors (Lipinski definition) is 7. The molecular weight excluding hydrogens is 446 g/mol. The van der Waals surface area contributed by atoms with Crippen molar-refractivity contribution in [1.29, 1.82) is 5.26 Å². The first-order valence-corrected chi connectivity index (χ1v) is 11.5. The standard InChI is InChI=1S/C26H27N5O4/c1-2-34-24-6-4-3-5-21(24)17-35-26(33)31-12-11-23(25(31)32)29-15-22-14-28-18-30(22)16-20-9-7-19(13-27)8-10-20/h3-10,14,18,23,29H,2,11-12,15-17H2,1H3/t23-/m1/s1. The van der Waals surface area contributed by atoms with Gasteiger partial charge in [-0.05, 0) is 37.1 Å². The van der Waals surface area contributed by atoms with Gasteiger partial charge in [-0.15, -0.1) is 0 Å². The third kappa shape index (κ3) is 5.86. The van der Waals surface area contributed by atoms with E-state index in [4.69, 9.17) is 14.7 Å². The second-order valence-corrected chi connectivity index (χ2v) is 8.13. The summed E-state index contributed by atoms with van der Waals surface area (Å²) in [5.74, 6) is 0.360. The number of hydrogen-bond donors (Lipinski definition) is 1. The number of nitriles is 1. The van der Waals surface area contributed by atoms with Crippen molar-refractivity contribution in [3.63, 3.8) is 0 Å². The predicted molar refractivity (Wildman–Crippen MR) is 127 cm³/mol. The molecule has 2 heterocycles. The number of aromatic nitrogens is 2. The number of nitrogens with one attached hydrogen (secondary N) is 1. The number of carbonyl (C=O) groups excluding carboxylic acids is 2. The zero-order valence-electron chi connectivity index (χ0n) is 19.5. The molecule has 0 unspecified atom stereocenters. The highest BCUT2D eigenvalue weighted by molar-refractivity contribution is 5.96. The number of likely N-dealkylation sites (tertiary alicyclic amines) is 1. The van der Waals surface area contributed by atoms with E-state index in [9.17, 15) is 9.59 Å². The van der Waals surface area contributed by atoms with Crippen molar-refractivity contribution in [2.75, 3.05) is 13.2 Å². The third-order valence-corrected chi connectivity index (χ3v) is 5.81. The number of imide groups is 1. The summed E-state index contributed by atoms with van der Waals surface area (Å²) in [6.45, 7) is 3.76. The molecule has 35 heavy (non-hydrogen) atoms. The molecule has 9 nitrogen and oxygen atoms in total. The Morgan fingerprint density at radius 2 is 2.03 bits per heavy atom. The Morgan fingerprint density at radius 3 is 2.80 bits per heavy atom. The van der Waals surface area contributed by atoms with Crippen molar-refractivity contribution < 1.29 is 19.1 Å². The van der Waals surface area contributed by atoms with Gasteiger partial charge in [0, 0.05) is 31.4 Å². The second-order valence-electron chi connectivity index (χ2n) is 8.13. The topological polar surface area (TPSA) is 109 Å². The summed E-state index contributed by atoms with van der Waals surface area (Å²) in [5.41, 5.74) is 3.32. The second kappa shape index (κ2) is 11.3. The molecule has 180 valence electrons. The summed E-state index contributed by atoms with van der Waals surface area (Å²) < 4.78 is 12.9. The van der Waals surface area contributed by atoms with Crippen molar-refractivity contribution in [2.45, 2.75) is 39.1 Å². The Hall–Kier alpha value is -4.16. The Bertz CT molecular complexity index is 1210. The molecule has 0 spiro atoms. The number of carbonyl (C=O) groups is 2. The number of ether oxygens (including phenoxy) is 2. The summed E-state index contributed by atoms with van der Waals surface area (Å²) in [4.78, 5) is 30.7. The molecule has 1 aliphatic rings. The quantitative estimate of drug-likeness (QED) is 0.508. The smallest absolute Gasteiger partial charge is 0.416 e. The molecule has 2 amide bonds. The third-order valence-electron chi connectivity index (χ3n) is 5.81. The highest BCUT2D eigenvalue weighted by Crippen LogP contribution is 2.20. The molecule has 1 aromatic heterocycles. The minimum Gasteiger partial charge on any atom is -0.493 e. The normalized spacial score (nSPS) is 15.1. The lowest BCUT2D eigenvalue weighted by molar-refractivity contribution is -0.128. The largest absolute Gasteiger partial charge is 0.493 e. The average molecular weight is 474 g/mol. The Kier molecular flexibility index (Phi) is 7.75. The molecule has 1 fully saturated rings. The molecular formula is C26H27N5O4. The van der Waals surface area contributed by atoms with Gasteiger partial charge in [0.25, 0.3) is 0 Å². The van der Waals surface area contributed by atoms with Gasteiger partial charge < -0.3 is 19.4 Å². The fourth-order valence-corrected chi connectivity index (χ4v) is 3.93. The van der Waals surface area contributed by atoms with Gasteiger partial charge in [-0.1, -0.05) is 30.3 Å². The molecule has 3 aromatic rings. The van der Waals surface area contributed by atoms with Crippen LogP contribution in [0.1, 0.15) is 35.7 Å². The highest BCUT2D eigenvalue weighted by Gasteiger charge is 2.36. The molecule has 0 radical (unpaired) electrons. The number of nitrogens with zero attached hydrogens (tertiary/aromatic N) is 4. The van der Waals surface area contributed by atoms with Gasteiger partial charge in [-0.3, -0.25) is 4.79 Å². The van der Waals surface area contributed by atoms with E-state index in [0.29, 0.717) is 44.0 Å². The van der Waals surface area contributed by atoms with Gasteiger partial charge in [0.15, 0.2) is 0 Å². The first-order valence-electron chi connectivity index (χ1n) is 11.5. The van der Waals surface area contributed by atoms with Crippen molar-refractivity contribution in [3.05, 3.63) is 83.4 Å². The van der Waals surface area contributed by atoms with E-state index in [1.807, 2.05) is 47.9 Å². The van der Waals surface area contributed by atoms with E-state index in [-0.39, 0.29) is 12.5 Å². The zero-order chi connectivity index (χ0) is 24.6. The Labute approximate surface area is 203 Å². The van der Waals surface area contributed by atoms with Crippen LogP contribution in [0.2, 0.25) is 0 Å². The Morgan fingerprint density at radius 1 is 1.23 bits per heavy atom. The van der Waals surface area contributed by atoms with Crippen LogP contribution in [0, 0.1) is 11.3 Å². The number of benzene rings is 2. The van der Waals surface area contributed by atoms with Gasteiger partial charge in [-0.25, -0.2) is 14.7 Å². The molecule has 0 aliphatic carbocycles. The molecule has 0 bridgehead atoms.